The molecule has 2 N–H and O–H groups in total. The maximum Gasteiger partial charge on any atom is 0.273 e. The number of anilines is 1. The SMILES string of the molecule is C=CCOc1ccccc1NC(=O)c1cc(-c2c(C)nn(C)c2C)n[nH]1. The summed E-state index contributed by atoms with van der Waals surface area (Å²) in [6.07, 6.45) is 1.65. The van der Waals surface area contributed by atoms with Crippen LogP contribution in [0.3, 0.4) is 0 Å². The molecular weight excluding hydrogens is 330 g/mol. The maximum atomic E-state index is 12.6. The number of H-pyrrole nitrogens is 1. The number of aromatic amines is 1. The van der Waals surface area contributed by atoms with Crippen LogP contribution in [0.15, 0.2) is 43.0 Å². The minimum Gasteiger partial charge on any atom is -0.487 e. The first-order valence-corrected chi connectivity index (χ1v) is 8.21. The van der Waals surface area contributed by atoms with Crippen LogP contribution in [0.5, 0.6) is 5.75 Å². The Kier molecular flexibility index (Phi) is 4.88. The van der Waals surface area contributed by atoms with E-state index in [1.165, 1.54) is 0 Å². The Morgan fingerprint density at radius 2 is 2.15 bits per heavy atom. The van der Waals surface area contributed by atoms with Gasteiger partial charge >= 0.3 is 0 Å². The van der Waals surface area contributed by atoms with Crippen LogP contribution >= 0.6 is 0 Å². The lowest BCUT2D eigenvalue weighted by molar-refractivity contribution is 0.102. The van der Waals surface area contributed by atoms with E-state index in [4.69, 9.17) is 4.74 Å². The third-order valence-electron chi connectivity index (χ3n) is 4.08. The van der Waals surface area contributed by atoms with Gasteiger partial charge < -0.3 is 10.1 Å². The normalized spacial score (nSPS) is 10.6. The lowest BCUT2D eigenvalue weighted by Gasteiger charge is -2.10. The molecule has 1 amide bonds. The number of rotatable bonds is 6. The lowest BCUT2D eigenvalue weighted by Crippen LogP contribution is -2.13. The zero-order chi connectivity index (χ0) is 18.7. The van der Waals surface area contributed by atoms with E-state index >= 15 is 0 Å². The number of carbonyl (C=O) groups is 1. The van der Waals surface area contributed by atoms with Gasteiger partial charge in [0, 0.05) is 18.3 Å². The predicted molar refractivity (Wildman–Crippen MR) is 100 cm³/mol. The van der Waals surface area contributed by atoms with Crippen molar-refractivity contribution in [2.24, 2.45) is 7.05 Å². The number of amides is 1. The molecule has 3 aromatic rings. The number of carbonyl (C=O) groups excluding carboxylic acids is 1. The molecule has 0 aliphatic heterocycles. The predicted octanol–water partition coefficient (Wildman–Crippen LogP) is 3.24. The first kappa shape index (κ1) is 17.5. The Morgan fingerprint density at radius 1 is 1.38 bits per heavy atom. The van der Waals surface area contributed by atoms with Crippen LogP contribution in [-0.2, 0) is 7.05 Å². The standard InChI is InChI=1S/C19H21N5O2/c1-5-10-26-17-9-7-6-8-14(17)20-19(25)16-11-15(21-22-16)18-12(2)23-24(4)13(18)3/h5-9,11H,1,10H2,2-4H3,(H,20,25)(H,21,22). The number of hydrogen-bond donors (Lipinski definition) is 2. The summed E-state index contributed by atoms with van der Waals surface area (Å²) in [5.41, 5.74) is 4.42. The molecule has 0 saturated carbocycles. The second kappa shape index (κ2) is 7.26. The molecule has 0 aliphatic carbocycles. The van der Waals surface area contributed by atoms with Crippen molar-refractivity contribution in [1.82, 2.24) is 20.0 Å². The fourth-order valence-electron chi connectivity index (χ4n) is 2.74. The molecule has 2 aromatic heterocycles. The largest absolute Gasteiger partial charge is 0.487 e. The molecule has 0 fully saturated rings. The second-order valence-electron chi connectivity index (χ2n) is 5.89. The minimum atomic E-state index is -0.294. The van der Waals surface area contributed by atoms with Crippen molar-refractivity contribution in [3.63, 3.8) is 0 Å². The zero-order valence-corrected chi connectivity index (χ0v) is 15.0. The van der Waals surface area contributed by atoms with Crippen LogP contribution in [-0.4, -0.2) is 32.5 Å². The molecule has 2 heterocycles. The molecule has 3 rings (SSSR count). The Morgan fingerprint density at radius 3 is 2.85 bits per heavy atom. The average molecular weight is 351 g/mol. The molecule has 0 aliphatic rings. The molecule has 0 spiro atoms. The number of aryl methyl sites for hydroxylation is 2. The highest BCUT2D eigenvalue weighted by atomic mass is 16.5. The van der Waals surface area contributed by atoms with Crippen LogP contribution < -0.4 is 10.1 Å². The average Bonchev–Trinajstić information content (AvgIpc) is 3.19. The number of nitrogens with one attached hydrogen (secondary N) is 2. The van der Waals surface area contributed by atoms with Gasteiger partial charge in [-0.1, -0.05) is 24.8 Å². The van der Waals surface area contributed by atoms with E-state index in [1.807, 2.05) is 33.0 Å². The van der Waals surface area contributed by atoms with E-state index in [9.17, 15) is 4.79 Å². The van der Waals surface area contributed by atoms with Crippen LogP contribution in [0.4, 0.5) is 5.69 Å². The minimum absolute atomic E-state index is 0.294. The first-order valence-electron chi connectivity index (χ1n) is 8.21. The van der Waals surface area contributed by atoms with Crippen molar-refractivity contribution in [3.05, 3.63) is 60.1 Å². The van der Waals surface area contributed by atoms with Crippen molar-refractivity contribution in [3.8, 4) is 17.0 Å². The van der Waals surface area contributed by atoms with Crippen molar-refractivity contribution in [2.75, 3.05) is 11.9 Å². The molecule has 7 nitrogen and oxygen atoms in total. The van der Waals surface area contributed by atoms with Gasteiger partial charge in [-0.05, 0) is 32.0 Å². The van der Waals surface area contributed by atoms with Crippen molar-refractivity contribution in [2.45, 2.75) is 13.8 Å². The molecule has 0 atom stereocenters. The van der Waals surface area contributed by atoms with Gasteiger partial charge in [0.25, 0.3) is 5.91 Å². The van der Waals surface area contributed by atoms with E-state index in [-0.39, 0.29) is 5.91 Å². The first-order chi connectivity index (χ1) is 12.5. The summed E-state index contributed by atoms with van der Waals surface area (Å²) in [5.74, 6) is 0.289. The van der Waals surface area contributed by atoms with Crippen molar-refractivity contribution < 1.29 is 9.53 Å². The molecule has 26 heavy (non-hydrogen) atoms. The fourth-order valence-corrected chi connectivity index (χ4v) is 2.74. The van der Waals surface area contributed by atoms with Crippen molar-refractivity contribution >= 4 is 11.6 Å². The monoisotopic (exact) mass is 351 g/mol. The Bertz CT molecular complexity index is 955. The molecule has 0 radical (unpaired) electrons. The summed E-state index contributed by atoms with van der Waals surface area (Å²) < 4.78 is 7.36. The number of hydrogen-bond acceptors (Lipinski definition) is 4. The summed E-state index contributed by atoms with van der Waals surface area (Å²) in [5, 5.41) is 14.3. The van der Waals surface area contributed by atoms with E-state index in [1.54, 1.807) is 29.0 Å². The second-order valence-corrected chi connectivity index (χ2v) is 5.89. The van der Waals surface area contributed by atoms with Gasteiger partial charge in [0.05, 0.1) is 17.1 Å². The Hall–Kier alpha value is -3.35. The Labute approximate surface area is 151 Å². The molecule has 0 saturated heterocycles. The van der Waals surface area contributed by atoms with Crippen LogP contribution in [0.2, 0.25) is 0 Å². The topological polar surface area (TPSA) is 84.8 Å². The molecule has 0 bridgehead atoms. The molecule has 7 heteroatoms. The Balaban J connectivity index is 1.82. The van der Waals surface area contributed by atoms with E-state index in [2.05, 4.69) is 27.2 Å². The third-order valence-corrected chi connectivity index (χ3v) is 4.08. The van der Waals surface area contributed by atoms with Gasteiger partial charge in [0.1, 0.15) is 18.1 Å². The summed E-state index contributed by atoms with van der Waals surface area (Å²) in [6, 6.07) is 8.97. The number of nitrogens with zero attached hydrogens (tertiary/aromatic N) is 3. The number of para-hydroxylation sites is 2. The van der Waals surface area contributed by atoms with Gasteiger partial charge in [0.2, 0.25) is 0 Å². The van der Waals surface area contributed by atoms with Crippen LogP contribution in [0.1, 0.15) is 21.9 Å². The smallest absolute Gasteiger partial charge is 0.273 e. The quantitative estimate of drug-likeness (QED) is 0.668. The van der Waals surface area contributed by atoms with Crippen molar-refractivity contribution in [1.29, 1.82) is 0 Å². The summed E-state index contributed by atoms with van der Waals surface area (Å²) in [4.78, 5) is 12.6. The van der Waals surface area contributed by atoms with Gasteiger partial charge in [-0.15, -0.1) is 0 Å². The fraction of sp³-hybridized carbons (Fsp3) is 0.211. The van der Waals surface area contributed by atoms with Crippen LogP contribution in [0, 0.1) is 13.8 Å². The number of ether oxygens (including phenoxy) is 1. The van der Waals surface area contributed by atoms with Gasteiger partial charge in [-0.3, -0.25) is 14.6 Å². The molecule has 134 valence electrons. The molecule has 0 unspecified atom stereocenters. The van der Waals surface area contributed by atoms with E-state index in [0.717, 1.165) is 17.0 Å². The lowest BCUT2D eigenvalue weighted by atomic mass is 10.1. The highest BCUT2D eigenvalue weighted by Crippen LogP contribution is 2.27. The highest BCUT2D eigenvalue weighted by molar-refractivity contribution is 6.04. The van der Waals surface area contributed by atoms with Crippen LogP contribution in [0.25, 0.3) is 11.3 Å². The van der Waals surface area contributed by atoms with E-state index < -0.39 is 0 Å². The highest BCUT2D eigenvalue weighted by Gasteiger charge is 2.18. The third kappa shape index (κ3) is 3.37. The van der Waals surface area contributed by atoms with Gasteiger partial charge in [0.15, 0.2) is 0 Å². The van der Waals surface area contributed by atoms with E-state index in [0.29, 0.717) is 29.4 Å². The molecular formula is C19H21N5O2. The summed E-state index contributed by atoms with van der Waals surface area (Å²) >= 11 is 0. The van der Waals surface area contributed by atoms with Gasteiger partial charge in [-0.25, -0.2) is 0 Å². The van der Waals surface area contributed by atoms with Gasteiger partial charge in [-0.2, -0.15) is 10.2 Å². The number of aromatic nitrogens is 4. The summed E-state index contributed by atoms with van der Waals surface area (Å²) in [7, 11) is 1.88. The number of benzene rings is 1. The molecule has 1 aromatic carbocycles. The maximum absolute atomic E-state index is 12.6. The zero-order valence-electron chi connectivity index (χ0n) is 15.0. The summed E-state index contributed by atoms with van der Waals surface area (Å²) in [6.45, 7) is 7.88.